The maximum absolute atomic E-state index is 13.3. The van der Waals surface area contributed by atoms with E-state index in [-0.39, 0.29) is 17.4 Å². The van der Waals surface area contributed by atoms with Crippen molar-refractivity contribution in [1.82, 2.24) is 19.2 Å². The normalized spacial score (nSPS) is 15.1. The second-order valence-corrected chi connectivity index (χ2v) is 11.7. The number of benzene rings is 1. The first kappa shape index (κ1) is 29.3. The first-order chi connectivity index (χ1) is 19.9. The van der Waals surface area contributed by atoms with E-state index in [0.717, 1.165) is 47.1 Å². The number of rotatable bonds is 9. The van der Waals surface area contributed by atoms with Gasteiger partial charge < -0.3 is 18.8 Å². The van der Waals surface area contributed by atoms with Crippen molar-refractivity contribution in [3.63, 3.8) is 0 Å². The van der Waals surface area contributed by atoms with Crippen molar-refractivity contribution >= 4 is 34.2 Å². The van der Waals surface area contributed by atoms with E-state index in [1.54, 1.807) is 47.5 Å². The van der Waals surface area contributed by atoms with Crippen LogP contribution in [0.4, 0.5) is 11.4 Å². The number of amides is 2. The van der Waals surface area contributed by atoms with Gasteiger partial charge in [-0.05, 0) is 76.9 Å². The number of carbonyl (C=O) groups is 2. The van der Waals surface area contributed by atoms with Gasteiger partial charge in [-0.15, -0.1) is 0 Å². The molecule has 1 aromatic carbocycles. The van der Waals surface area contributed by atoms with Gasteiger partial charge in [-0.25, -0.2) is 0 Å². The van der Waals surface area contributed by atoms with Crippen LogP contribution in [0.25, 0.3) is 11.0 Å². The molecular formula is C32H40N6O4. The molecular weight excluding hydrogens is 532 g/mol. The van der Waals surface area contributed by atoms with Gasteiger partial charge in [0, 0.05) is 53.0 Å². The van der Waals surface area contributed by atoms with E-state index < -0.39 is 5.41 Å². The Bertz CT molecular complexity index is 1710. The Morgan fingerprint density at radius 3 is 2.40 bits per heavy atom. The highest BCUT2D eigenvalue weighted by Crippen LogP contribution is 2.38. The Labute approximate surface area is 246 Å². The van der Waals surface area contributed by atoms with Crippen LogP contribution in [0.3, 0.4) is 0 Å². The topological polar surface area (TPSA) is 96.8 Å². The van der Waals surface area contributed by atoms with E-state index >= 15 is 0 Å². The first-order valence-corrected chi connectivity index (χ1v) is 14.4. The highest BCUT2D eigenvalue weighted by Gasteiger charge is 2.45. The van der Waals surface area contributed by atoms with Crippen LogP contribution in [0.2, 0.25) is 0 Å². The number of nitrogens with zero attached hydrogens (tertiary/aromatic N) is 6. The van der Waals surface area contributed by atoms with E-state index in [9.17, 15) is 14.4 Å². The fourth-order valence-corrected chi connectivity index (χ4v) is 5.83. The van der Waals surface area contributed by atoms with Gasteiger partial charge in [-0.1, -0.05) is 6.07 Å². The number of carbonyl (C=O) groups excluding carboxylic acids is 2. The van der Waals surface area contributed by atoms with Crippen LogP contribution in [0, 0.1) is 19.3 Å². The van der Waals surface area contributed by atoms with E-state index in [2.05, 4.69) is 16.1 Å². The molecule has 0 unspecified atom stereocenters. The van der Waals surface area contributed by atoms with E-state index in [0.29, 0.717) is 37.1 Å². The summed E-state index contributed by atoms with van der Waals surface area (Å²) in [5, 5.41) is 5.10. The molecule has 5 rings (SSSR count). The lowest BCUT2D eigenvalue weighted by molar-refractivity contribution is -0.137. The summed E-state index contributed by atoms with van der Waals surface area (Å²) in [6.07, 6.45) is 2.52. The minimum atomic E-state index is -1.14. The van der Waals surface area contributed by atoms with Crippen molar-refractivity contribution in [2.24, 2.45) is 12.5 Å². The molecule has 0 spiro atoms. The van der Waals surface area contributed by atoms with Crippen LogP contribution >= 0.6 is 0 Å². The van der Waals surface area contributed by atoms with Crippen LogP contribution in [-0.4, -0.2) is 57.7 Å². The lowest BCUT2D eigenvalue weighted by atomic mass is 9.90. The molecule has 10 heteroatoms. The van der Waals surface area contributed by atoms with Crippen molar-refractivity contribution in [2.75, 3.05) is 36.5 Å². The Morgan fingerprint density at radius 2 is 1.71 bits per heavy atom. The third-order valence-electron chi connectivity index (χ3n) is 8.27. The minimum Gasteiger partial charge on any atom is -0.461 e. The molecule has 0 fully saturated rings. The average molecular weight is 573 g/mol. The molecule has 222 valence electrons. The maximum atomic E-state index is 13.3. The predicted octanol–water partition coefficient (Wildman–Crippen LogP) is 4.05. The Morgan fingerprint density at radius 1 is 0.952 bits per heavy atom. The number of pyridine rings is 1. The lowest BCUT2D eigenvalue weighted by Gasteiger charge is -2.27. The van der Waals surface area contributed by atoms with Crippen LogP contribution < -0.4 is 15.4 Å². The molecule has 0 radical (unpaired) electrons. The quantitative estimate of drug-likeness (QED) is 0.281. The Balaban J connectivity index is 1.39. The summed E-state index contributed by atoms with van der Waals surface area (Å²) in [6, 6.07) is 11.7. The minimum absolute atomic E-state index is 0.0583. The van der Waals surface area contributed by atoms with Crippen molar-refractivity contribution in [3.8, 4) is 0 Å². The summed E-state index contributed by atoms with van der Waals surface area (Å²) in [5.41, 5.74) is 4.01. The zero-order valence-corrected chi connectivity index (χ0v) is 25.6. The number of hydrogen-bond donors (Lipinski definition) is 0. The van der Waals surface area contributed by atoms with Gasteiger partial charge >= 0.3 is 0 Å². The third-order valence-corrected chi connectivity index (χ3v) is 8.27. The summed E-state index contributed by atoms with van der Waals surface area (Å²) in [4.78, 5) is 45.3. The van der Waals surface area contributed by atoms with Crippen molar-refractivity contribution in [1.29, 1.82) is 0 Å². The second-order valence-electron chi connectivity index (χ2n) is 11.7. The molecule has 0 saturated carbocycles. The number of anilines is 2. The zero-order valence-electron chi connectivity index (χ0n) is 25.6. The van der Waals surface area contributed by atoms with Crippen LogP contribution in [-0.2, 0) is 36.1 Å². The number of aromatic nitrogens is 3. The molecule has 1 aliphatic rings. The zero-order chi connectivity index (χ0) is 30.3. The van der Waals surface area contributed by atoms with Crippen molar-refractivity contribution in [2.45, 2.75) is 54.1 Å². The predicted molar refractivity (Wildman–Crippen MR) is 164 cm³/mol. The molecule has 3 aromatic heterocycles. The molecule has 0 bridgehead atoms. The van der Waals surface area contributed by atoms with Crippen LogP contribution in [0.5, 0.6) is 0 Å². The summed E-state index contributed by atoms with van der Waals surface area (Å²) < 4.78 is 9.26. The second kappa shape index (κ2) is 11.2. The Hall–Kier alpha value is -4.18. The summed E-state index contributed by atoms with van der Waals surface area (Å²) in [7, 11) is 3.69. The Kier molecular flexibility index (Phi) is 7.85. The lowest BCUT2D eigenvalue weighted by Crippen LogP contribution is -2.47. The summed E-state index contributed by atoms with van der Waals surface area (Å²) in [6.45, 7) is 12.2. The largest absolute Gasteiger partial charge is 0.461 e. The van der Waals surface area contributed by atoms with E-state index in [4.69, 9.17) is 4.42 Å². The highest BCUT2D eigenvalue weighted by atomic mass is 16.3. The molecule has 0 saturated heterocycles. The van der Waals surface area contributed by atoms with Gasteiger partial charge in [0.25, 0.3) is 5.56 Å². The molecule has 1 aliphatic heterocycles. The van der Waals surface area contributed by atoms with Crippen molar-refractivity contribution < 1.29 is 14.0 Å². The fourth-order valence-electron chi connectivity index (χ4n) is 5.83. The molecule has 2 amide bonds. The molecule has 10 nitrogen and oxygen atoms in total. The maximum Gasteiger partial charge on any atom is 0.261 e. The third kappa shape index (κ3) is 5.38. The van der Waals surface area contributed by atoms with Gasteiger partial charge in [0.1, 0.15) is 16.8 Å². The molecule has 4 heterocycles. The monoisotopic (exact) mass is 572 g/mol. The van der Waals surface area contributed by atoms with Crippen LogP contribution in [0.1, 0.15) is 43.5 Å². The number of hydrogen-bond acceptors (Lipinski definition) is 6. The highest BCUT2D eigenvalue weighted by molar-refractivity contribution is 6.19. The van der Waals surface area contributed by atoms with E-state index in [1.807, 2.05) is 56.8 Å². The number of aryl methyl sites for hydroxylation is 3. The number of fused-ring (bicyclic) bond motifs is 2. The fraction of sp³-hybridized carbons (Fsp3) is 0.438. The standard InChI is InChI=1S/C32H40N6O4/c1-8-38-26-10-9-23(19-27(26)34(6)30(40)32(4,5)31(38)41)11-13-36(20-24-17-21(2)33-35(24)7)15-16-37-14-12-28-25(29(37)39)18-22(3)42-28/h9-10,12,14,17-19H,8,11,13,15-16,20H2,1-7H3. The van der Waals surface area contributed by atoms with E-state index in [1.165, 1.54) is 0 Å². The van der Waals surface area contributed by atoms with Crippen molar-refractivity contribution in [3.05, 3.63) is 75.7 Å². The number of furan rings is 1. The van der Waals surface area contributed by atoms with Crippen LogP contribution in [0.15, 0.2) is 51.8 Å². The average Bonchev–Trinajstić information content (AvgIpc) is 3.49. The SMILES string of the molecule is CCN1C(=O)C(C)(C)C(=O)N(C)c2cc(CCN(CCn3ccc4oc(C)cc4c3=O)Cc3cc(C)nn3C)ccc21. The molecule has 0 atom stereocenters. The molecule has 0 N–H and O–H groups in total. The summed E-state index contributed by atoms with van der Waals surface area (Å²) in [5.74, 6) is 0.312. The first-order valence-electron chi connectivity index (χ1n) is 14.4. The van der Waals surface area contributed by atoms with Gasteiger partial charge in [0.2, 0.25) is 11.8 Å². The molecule has 4 aromatic rings. The van der Waals surface area contributed by atoms with Gasteiger partial charge in [0.15, 0.2) is 0 Å². The smallest absolute Gasteiger partial charge is 0.261 e. The van der Waals surface area contributed by atoms with Gasteiger partial charge in [0.05, 0.1) is 28.1 Å². The summed E-state index contributed by atoms with van der Waals surface area (Å²) >= 11 is 0. The van der Waals surface area contributed by atoms with Gasteiger partial charge in [-0.3, -0.25) is 24.0 Å². The van der Waals surface area contributed by atoms with Gasteiger partial charge in [-0.2, -0.15) is 5.10 Å². The molecule has 42 heavy (non-hydrogen) atoms. The molecule has 0 aliphatic carbocycles.